The summed E-state index contributed by atoms with van der Waals surface area (Å²) >= 11 is 3.59. The number of benzene rings is 2. The number of nitrogens with zero attached hydrogens (tertiary/aromatic N) is 3. The van der Waals surface area contributed by atoms with Crippen molar-refractivity contribution in [3.8, 4) is 11.5 Å². The Kier molecular flexibility index (Phi) is 5.04. The Labute approximate surface area is 170 Å². The average Bonchev–Trinajstić information content (AvgIpc) is 3.15. The second kappa shape index (κ2) is 7.63. The van der Waals surface area contributed by atoms with E-state index < -0.39 is 0 Å². The van der Waals surface area contributed by atoms with Crippen LogP contribution in [0.3, 0.4) is 0 Å². The van der Waals surface area contributed by atoms with Crippen LogP contribution in [0.4, 0.5) is 5.95 Å². The van der Waals surface area contributed by atoms with Gasteiger partial charge in [-0.2, -0.15) is 10.1 Å². The van der Waals surface area contributed by atoms with Gasteiger partial charge in [0.2, 0.25) is 11.9 Å². The molecule has 2 heterocycles. The summed E-state index contributed by atoms with van der Waals surface area (Å²) in [6.07, 6.45) is 1.70. The van der Waals surface area contributed by atoms with Gasteiger partial charge in [0, 0.05) is 0 Å². The van der Waals surface area contributed by atoms with Crippen LogP contribution in [0.15, 0.2) is 47.2 Å². The zero-order chi connectivity index (χ0) is 19.7. The standard InChI is InChI=1S/C20H19BrN4O3/c1-12-3-5-13(6-4-12)10-28-19-15(21)7-14(8-17(19)27-2)16-9-18(26)24-20-22-11-23-25(16)20/h3-8,11,16H,9-10H2,1-2H3,(H,22,23,24,26)/t16-/m1/s1. The second-order valence-corrected chi connectivity index (χ2v) is 7.46. The lowest BCUT2D eigenvalue weighted by atomic mass is 10.0. The first-order valence-electron chi connectivity index (χ1n) is 8.80. The first-order chi connectivity index (χ1) is 13.5. The minimum atomic E-state index is -0.261. The lowest BCUT2D eigenvalue weighted by molar-refractivity contribution is -0.117. The monoisotopic (exact) mass is 442 g/mol. The number of methoxy groups -OCH3 is 1. The number of aromatic nitrogens is 3. The van der Waals surface area contributed by atoms with Gasteiger partial charge in [-0.15, -0.1) is 0 Å². The first kappa shape index (κ1) is 18.5. The molecule has 0 saturated heterocycles. The van der Waals surface area contributed by atoms with E-state index in [2.05, 4.69) is 50.4 Å². The van der Waals surface area contributed by atoms with Crippen LogP contribution in [0.2, 0.25) is 0 Å². The Bertz CT molecular complexity index is 1020. The predicted octanol–water partition coefficient (Wildman–Crippen LogP) is 3.87. The van der Waals surface area contributed by atoms with Crippen molar-refractivity contribution in [1.82, 2.24) is 14.8 Å². The van der Waals surface area contributed by atoms with Crippen LogP contribution in [0.5, 0.6) is 11.5 Å². The van der Waals surface area contributed by atoms with Crippen LogP contribution in [0, 0.1) is 6.92 Å². The van der Waals surface area contributed by atoms with Gasteiger partial charge in [0.05, 0.1) is 24.0 Å². The van der Waals surface area contributed by atoms with Gasteiger partial charge in [-0.1, -0.05) is 29.8 Å². The second-order valence-electron chi connectivity index (χ2n) is 6.60. The summed E-state index contributed by atoms with van der Waals surface area (Å²) in [6.45, 7) is 2.47. The Hall–Kier alpha value is -2.87. The van der Waals surface area contributed by atoms with Crippen LogP contribution in [0.1, 0.15) is 29.2 Å². The van der Waals surface area contributed by atoms with Crippen molar-refractivity contribution in [2.24, 2.45) is 0 Å². The lowest BCUT2D eigenvalue weighted by Gasteiger charge is -2.25. The highest BCUT2D eigenvalue weighted by molar-refractivity contribution is 9.10. The normalized spacial score (nSPS) is 15.7. The molecule has 0 unspecified atom stereocenters. The molecular weight excluding hydrogens is 424 g/mol. The zero-order valence-electron chi connectivity index (χ0n) is 15.5. The third-order valence-corrected chi connectivity index (χ3v) is 5.23. The van der Waals surface area contributed by atoms with Gasteiger partial charge in [-0.3, -0.25) is 10.1 Å². The van der Waals surface area contributed by atoms with Gasteiger partial charge in [0.1, 0.15) is 12.9 Å². The maximum atomic E-state index is 12.0. The highest BCUT2D eigenvalue weighted by Crippen LogP contribution is 2.40. The third kappa shape index (κ3) is 3.60. The molecule has 2 aromatic carbocycles. The molecule has 1 aliphatic rings. The maximum absolute atomic E-state index is 12.0. The maximum Gasteiger partial charge on any atom is 0.229 e. The summed E-state index contributed by atoms with van der Waals surface area (Å²) in [5, 5.41) is 6.96. The zero-order valence-corrected chi connectivity index (χ0v) is 17.1. The highest BCUT2D eigenvalue weighted by Gasteiger charge is 2.29. The fourth-order valence-corrected chi connectivity index (χ4v) is 3.75. The van der Waals surface area contributed by atoms with Crippen molar-refractivity contribution in [3.05, 3.63) is 63.9 Å². The van der Waals surface area contributed by atoms with Crippen molar-refractivity contribution in [2.45, 2.75) is 26.0 Å². The van der Waals surface area contributed by atoms with Crippen molar-refractivity contribution in [3.63, 3.8) is 0 Å². The number of amides is 1. The molecule has 1 aromatic heterocycles. The Morgan fingerprint density at radius 1 is 1.29 bits per heavy atom. The summed E-state index contributed by atoms with van der Waals surface area (Å²) < 4.78 is 14.0. The van der Waals surface area contributed by atoms with E-state index in [1.807, 2.05) is 24.3 Å². The molecule has 0 radical (unpaired) electrons. The van der Waals surface area contributed by atoms with Crippen molar-refractivity contribution < 1.29 is 14.3 Å². The number of aryl methyl sites for hydroxylation is 1. The quantitative estimate of drug-likeness (QED) is 0.648. The molecule has 1 amide bonds. The minimum Gasteiger partial charge on any atom is -0.493 e. The van der Waals surface area contributed by atoms with E-state index in [1.165, 1.54) is 11.9 Å². The third-order valence-electron chi connectivity index (χ3n) is 4.64. The van der Waals surface area contributed by atoms with E-state index in [0.29, 0.717) is 24.1 Å². The SMILES string of the molecule is COc1cc([C@H]2CC(=O)Nc3ncnn32)cc(Br)c1OCc1ccc(C)cc1. The number of nitrogens with one attached hydrogen (secondary N) is 1. The van der Waals surface area contributed by atoms with E-state index in [1.54, 1.807) is 11.8 Å². The number of ether oxygens (including phenoxy) is 2. The van der Waals surface area contributed by atoms with Crippen molar-refractivity contribution >= 4 is 27.8 Å². The molecule has 8 heteroatoms. The summed E-state index contributed by atoms with van der Waals surface area (Å²) in [7, 11) is 1.60. The fraction of sp³-hybridized carbons (Fsp3) is 0.250. The van der Waals surface area contributed by atoms with Crippen molar-refractivity contribution in [2.75, 3.05) is 12.4 Å². The summed E-state index contributed by atoms with van der Waals surface area (Å²) in [4.78, 5) is 16.1. The first-order valence-corrected chi connectivity index (χ1v) is 9.59. The molecule has 7 nitrogen and oxygen atoms in total. The largest absolute Gasteiger partial charge is 0.493 e. The minimum absolute atomic E-state index is 0.0970. The Morgan fingerprint density at radius 3 is 2.82 bits per heavy atom. The summed E-state index contributed by atoms with van der Waals surface area (Å²) in [6, 6.07) is 11.7. The molecule has 3 aromatic rings. The van der Waals surface area contributed by atoms with E-state index in [9.17, 15) is 4.79 Å². The van der Waals surface area contributed by atoms with E-state index in [-0.39, 0.29) is 18.4 Å². The molecule has 0 spiro atoms. The van der Waals surface area contributed by atoms with Gasteiger partial charge in [-0.25, -0.2) is 4.68 Å². The summed E-state index contributed by atoms with van der Waals surface area (Å²) in [5.41, 5.74) is 3.16. The number of hydrogen-bond acceptors (Lipinski definition) is 5. The molecule has 1 aliphatic heterocycles. The van der Waals surface area contributed by atoms with E-state index in [0.717, 1.165) is 15.6 Å². The lowest BCUT2D eigenvalue weighted by Crippen LogP contribution is -2.29. The number of anilines is 1. The molecule has 0 aliphatic carbocycles. The van der Waals surface area contributed by atoms with E-state index >= 15 is 0 Å². The van der Waals surface area contributed by atoms with Gasteiger partial charge in [0.15, 0.2) is 11.5 Å². The van der Waals surface area contributed by atoms with Crippen LogP contribution >= 0.6 is 15.9 Å². The van der Waals surface area contributed by atoms with Crippen LogP contribution in [-0.2, 0) is 11.4 Å². The van der Waals surface area contributed by atoms with Crippen LogP contribution < -0.4 is 14.8 Å². The molecule has 0 fully saturated rings. The average molecular weight is 443 g/mol. The Morgan fingerprint density at radius 2 is 2.07 bits per heavy atom. The highest BCUT2D eigenvalue weighted by atomic mass is 79.9. The molecular formula is C20H19BrN4O3. The molecule has 1 N–H and O–H groups in total. The molecule has 28 heavy (non-hydrogen) atoms. The number of rotatable bonds is 5. The van der Waals surface area contributed by atoms with Gasteiger partial charge in [0.25, 0.3) is 0 Å². The number of halogens is 1. The number of carbonyl (C=O) groups is 1. The number of fused-ring (bicyclic) bond motifs is 1. The van der Waals surface area contributed by atoms with E-state index in [4.69, 9.17) is 9.47 Å². The van der Waals surface area contributed by atoms with Gasteiger partial charge >= 0.3 is 0 Å². The fourth-order valence-electron chi connectivity index (χ4n) is 3.18. The van der Waals surface area contributed by atoms with Crippen molar-refractivity contribution in [1.29, 1.82) is 0 Å². The molecule has 0 saturated carbocycles. The van der Waals surface area contributed by atoms with Crippen LogP contribution in [0.25, 0.3) is 0 Å². The number of carbonyl (C=O) groups excluding carboxylic acids is 1. The van der Waals surface area contributed by atoms with Gasteiger partial charge < -0.3 is 9.47 Å². The number of hydrogen-bond donors (Lipinski definition) is 1. The van der Waals surface area contributed by atoms with Gasteiger partial charge in [-0.05, 0) is 46.1 Å². The molecule has 4 rings (SSSR count). The molecule has 144 valence electrons. The predicted molar refractivity (Wildman–Crippen MR) is 108 cm³/mol. The smallest absolute Gasteiger partial charge is 0.229 e. The Balaban J connectivity index is 1.63. The van der Waals surface area contributed by atoms with Crippen LogP contribution in [-0.4, -0.2) is 27.8 Å². The molecule has 1 atom stereocenters. The topological polar surface area (TPSA) is 78.3 Å². The molecule has 0 bridgehead atoms. The summed E-state index contributed by atoms with van der Waals surface area (Å²) in [5.74, 6) is 1.55.